The molecule has 0 saturated heterocycles. The van der Waals surface area contributed by atoms with Gasteiger partial charge in [-0.25, -0.2) is 14.6 Å². The van der Waals surface area contributed by atoms with Crippen LogP contribution in [0, 0.1) is 0 Å². The first kappa shape index (κ1) is 23.8. The Morgan fingerprint density at radius 1 is 1.16 bits per heavy atom. The summed E-state index contributed by atoms with van der Waals surface area (Å²) in [4.78, 5) is 38.6. The molecular formula is C26H27N9O3. The largest absolute Gasteiger partial charge is 0.489 e. The minimum absolute atomic E-state index is 0.00430. The maximum Gasteiger partial charge on any atom is 0.291 e. The normalized spacial score (nSPS) is 17.3. The molecule has 1 unspecified atom stereocenters. The van der Waals surface area contributed by atoms with E-state index in [2.05, 4.69) is 35.5 Å². The highest BCUT2D eigenvalue weighted by molar-refractivity contribution is 6.02. The highest BCUT2D eigenvalue weighted by Gasteiger charge is 2.32. The Labute approximate surface area is 218 Å². The average molecular weight is 514 g/mol. The zero-order chi connectivity index (χ0) is 26.1. The molecule has 12 nitrogen and oxygen atoms in total. The van der Waals surface area contributed by atoms with Gasteiger partial charge in [0.05, 0.1) is 18.8 Å². The molecule has 1 atom stereocenters. The van der Waals surface area contributed by atoms with E-state index in [1.807, 2.05) is 53.2 Å². The lowest BCUT2D eigenvalue weighted by atomic mass is 10.1. The van der Waals surface area contributed by atoms with E-state index in [0.29, 0.717) is 36.8 Å². The number of rotatable bonds is 6. The molecule has 2 aliphatic rings. The fraction of sp³-hybridized carbons (Fsp3) is 0.308. The number of amides is 2. The molecule has 2 N–H and O–H groups in total. The molecule has 0 bridgehead atoms. The number of carbonyl (C=O) groups excluding carboxylic acids is 2. The summed E-state index contributed by atoms with van der Waals surface area (Å²) in [5.41, 5.74) is 2.76. The summed E-state index contributed by atoms with van der Waals surface area (Å²) in [5, 5.41) is 13.8. The summed E-state index contributed by atoms with van der Waals surface area (Å²) < 4.78 is 7.86. The fourth-order valence-corrected chi connectivity index (χ4v) is 4.74. The molecule has 0 aliphatic carbocycles. The molecule has 6 rings (SSSR count). The summed E-state index contributed by atoms with van der Waals surface area (Å²) in [5.74, 6) is 1.26. The SMILES string of the molecule is CN1C(=O)C(NC(=O)c2n[nH]c(Cc3ccccc3)n2)COc2ccc(CN3CCn4ncnc4C3)cc21. The summed E-state index contributed by atoms with van der Waals surface area (Å²) in [7, 11) is 1.69. The summed E-state index contributed by atoms with van der Waals surface area (Å²) in [6.07, 6.45) is 2.10. The van der Waals surface area contributed by atoms with Crippen molar-refractivity contribution in [2.24, 2.45) is 0 Å². The molecular weight excluding hydrogens is 486 g/mol. The zero-order valence-electron chi connectivity index (χ0n) is 20.9. The van der Waals surface area contributed by atoms with Crippen molar-refractivity contribution >= 4 is 17.5 Å². The van der Waals surface area contributed by atoms with E-state index in [4.69, 9.17) is 4.74 Å². The number of anilines is 1. The minimum Gasteiger partial charge on any atom is -0.489 e. The van der Waals surface area contributed by atoms with Gasteiger partial charge in [-0.3, -0.25) is 19.6 Å². The molecule has 2 aliphatic heterocycles. The van der Waals surface area contributed by atoms with E-state index < -0.39 is 11.9 Å². The third kappa shape index (κ3) is 4.85. The van der Waals surface area contributed by atoms with Crippen LogP contribution in [-0.4, -0.2) is 72.9 Å². The molecule has 0 saturated carbocycles. The second-order valence-corrected chi connectivity index (χ2v) is 9.41. The van der Waals surface area contributed by atoms with Gasteiger partial charge in [0.2, 0.25) is 5.82 Å². The van der Waals surface area contributed by atoms with Gasteiger partial charge >= 0.3 is 0 Å². The van der Waals surface area contributed by atoms with Crippen LogP contribution in [0.15, 0.2) is 54.9 Å². The first-order valence-electron chi connectivity index (χ1n) is 12.4. The second kappa shape index (κ2) is 10.1. The van der Waals surface area contributed by atoms with Crippen molar-refractivity contribution in [3.8, 4) is 5.75 Å². The predicted molar refractivity (Wildman–Crippen MR) is 136 cm³/mol. The molecule has 2 aromatic heterocycles. The number of nitrogens with one attached hydrogen (secondary N) is 2. The van der Waals surface area contributed by atoms with Crippen LogP contribution in [0.2, 0.25) is 0 Å². The molecule has 38 heavy (non-hydrogen) atoms. The minimum atomic E-state index is -0.882. The van der Waals surface area contributed by atoms with Crippen LogP contribution in [0.1, 0.15) is 33.4 Å². The Kier molecular flexibility index (Phi) is 6.30. The highest BCUT2D eigenvalue weighted by Crippen LogP contribution is 2.32. The van der Waals surface area contributed by atoms with Gasteiger partial charge in [-0.2, -0.15) is 5.10 Å². The van der Waals surface area contributed by atoms with Gasteiger partial charge in [0.25, 0.3) is 11.8 Å². The van der Waals surface area contributed by atoms with Crippen LogP contribution in [0.3, 0.4) is 0 Å². The highest BCUT2D eigenvalue weighted by atomic mass is 16.5. The van der Waals surface area contributed by atoms with E-state index in [9.17, 15) is 9.59 Å². The number of hydrogen-bond donors (Lipinski definition) is 2. The topological polar surface area (TPSA) is 134 Å². The number of nitrogens with zero attached hydrogens (tertiary/aromatic N) is 7. The van der Waals surface area contributed by atoms with Crippen LogP contribution in [0.5, 0.6) is 5.75 Å². The van der Waals surface area contributed by atoms with Crippen LogP contribution in [0.25, 0.3) is 0 Å². The number of aromatic nitrogens is 6. The fourth-order valence-electron chi connectivity index (χ4n) is 4.74. The number of carbonyl (C=O) groups is 2. The first-order valence-corrected chi connectivity index (χ1v) is 12.4. The van der Waals surface area contributed by atoms with Gasteiger partial charge in [0, 0.05) is 26.6 Å². The Balaban J connectivity index is 1.11. The van der Waals surface area contributed by atoms with Crippen LogP contribution >= 0.6 is 0 Å². The maximum absolute atomic E-state index is 13.3. The molecule has 194 valence electrons. The van der Waals surface area contributed by atoms with Gasteiger partial charge in [-0.1, -0.05) is 36.4 Å². The number of ether oxygens (including phenoxy) is 1. The van der Waals surface area contributed by atoms with Crippen LogP contribution in [-0.2, 0) is 30.8 Å². The van der Waals surface area contributed by atoms with Crippen molar-refractivity contribution in [2.75, 3.05) is 25.1 Å². The smallest absolute Gasteiger partial charge is 0.291 e. The lowest BCUT2D eigenvalue weighted by Gasteiger charge is -2.27. The Hall–Kier alpha value is -4.58. The van der Waals surface area contributed by atoms with Crippen molar-refractivity contribution in [3.63, 3.8) is 0 Å². The van der Waals surface area contributed by atoms with Crippen molar-refractivity contribution in [1.82, 2.24) is 40.2 Å². The Bertz CT molecular complexity index is 1470. The van der Waals surface area contributed by atoms with Crippen molar-refractivity contribution in [1.29, 1.82) is 0 Å². The van der Waals surface area contributed by atoms with E-state index in [1.165, 1.54) is 4.90 Å². The monoisotopic (exact) mass is 513 g/mol. The Morgan fingerprint density at radius 2 is 2.03 bits per heavy atom. The molecule has 12 heteroatoms. The first-order chi connectivity index (χ1) is 18.5. The molecule has 0 radical (unpaired) electrons. The lowest BCUT2D eigenvalue weighted by molar-refractivity contribution is -0.120. The summed E-state index contributed by atoms with van der Waals surface area (Å²) >= 11 is 0. The molecule has 0 fully saturated rings. The molecule has 0 spiro atoms. The number of likely N-dealkylation sites (N-methyl/N-ethyl adjacent to an activating group) is 1. The van der Waals surface area contributed by atoms with Crippen LogP contribution in [0.4, 0.5) is 5.69 Å². The van der Waals surface area contributed by atoms with Crippen molar-refractivity contribution < 1.29 is 14.3 Å². The van der Waals surface area contributed by atoms with Crippen molar-refractivity contribution in [2.45, 2.75) is 32.1 Å². The molecule has 2 aromatic carbocycles. The average Bonchev–Trinajstić information content (AvgIpc) is 3.58. The van der Waals surface area contributed by atoms with Crippen molar-refractivity contribution in [3.05, 3.63) is 83.5 Å². The number of fused-ring (bicyclic) bond motifs is 2. The lowest BCUT2D eigenvalue weighted by Crippen LogP contribution is -2.49. The van der Waals surface area contributed by atoms with Gasteiger partial charge in [0.15, 0.2) is 0 Å². The van der Waals surface area contributed by atoms with E-state index >= 15 is 0 Å². The Morgan fingerprint density at radius 3 is 2.89 bits per heavy atom. The quantitative estimate of drug-likeness (QED) is 0.392. The number of benzene rings is 2. The molecule has 4 heterocycles. The van der Waals surface area contributed by atoms with Gasteiger partial charge < -0.3 is 15.0 Å². The van der Waals surface area contributed by atoms with E-state index in [-0.39, 0.29) is 18.3 Å². The van der Waals surface area contributed by atoms with Gasteiger partial charge in [-0.05, 0) is 23.3 Å². The van der Waals surface area contributed by atoms with E-state index in [1.54, 1.807) is 13.4 Å². The van der Waals surface area contributed by atoms with Crippen LogP contribution < -0.4 is 15.0 Å². The standard InChI is InChI=1S/C26H27N9O3/c1-33-20-11-18(13-34-9-10-35-23(14-34)27-16-28-35)7-8-21(20)38-15-19(26(33)37)29-25(36)24-30-22(31-32-24)12-17-5-3-2-4-6-17/h2-8,11,16,19H,9-10,12-15H2,1H3,(H,29,36)(H,30,31,32). The summed E-state index contributed by atoms with van der Waals surface area (Å²) in [6, 6.07) is 14.7. The number of H-pyrrole nitrogens is 1. The van der Waals surface area contributed by atoms with Gasteiger partial charge in [-0.15, -0.1) is 5.10 Å². The maximum atomic E-state index is 13.3. The third-order valence-electron chi connectivity index (χ3n) is 6.77. The number of hydrogen-bond acceptors (Lipinski definition) is 8. The second-order valence-electron chi connectivity index (χ2n) is 9.41. The van der Waals surface area contributed by atoms with Gasteiger partial charge in [0.1, 0.15) is 36.4 Å². The number of aromatic amines is 1. The zero-order valence-corrected chi connectivity index (χ0v) is 20.9. The summed E-state index contributed by atoms with van der Waals surface area (Å²) in [6.45, 7) is 3.08. The van der Waals surface area contributed by atoms with E-state index in [0.717, 1.165) is 30.0 Å². The molecule has 4 aromatic rings. The third-order valence-corrected chi connectivity index (χ3v) is 6.77. The predicted octanol–water partition coefficient (Wildman–Crippen LogP) is 1.16. The molecule has 2 amide bonds.